The number of carbonyl (C=O) groups excluding carboxylic acids is 2. The van der Waals surface area contributed by atoms with Gasteiger partial charge in [-0.25, -0.2) is 4.68 Å². The van der Waals surface area contributed by atoms with Crippen LogP contribution in [0.3, 0.4) is 0 Å². The van der Waals surface area contributed by atoms with E-state index in [1.54, 1.807) is 0 Å². The molecular formula is C22H32N4O2. The van der Waals surface area contributed by atoms with Gasteiger partial charge in [-0.3, -0.25) is 9.59 Å². The molecule has 0 bridgehead atoms. The Bertz CT molecular complexity index is 792. The van der Waals surface area contributed by atoms with Gasteiger partial charge in [0.1, 0.15) is 0 Å². The van der Waals surface area contributed by atoms with Crippen LogP contribution in [-0.4, -0.2) is 39.6 Å². The second-order valence-corrected chi connectivity index (χ2v) is 7.17. The molecular weight excluding hydrogens is 352 g/mol. The van der Waals surface area contributed by atoms with Gasteiger partial charge in [-0.05, 0) is 57.4 Å². The Morgan fingerprint density at radius 2 is 1.79 bits per heavy atom. The third-order valence-electron chi connectivity index (χ3n) is 4.52. The lowest BCUT2D eigenvalue weighted by Gasteiger charge is -2.21. The van der Waals surface area contributed by atoms with Gasteiger partial charge >= 0.3 is 0 Å². The summed E-state index contributed by atoms with van der Waals surface area (Å²) in [4.78, 5) is 26.5. The van der Waals surface area contributed by atoms with Crippen LogP contribution in [0.1, 0.15) is 57.3 Å². The van der Waals surface area contributed by atoms with Crippen LogP contribution in [0.25, 0.3) is 5.69 Å². The average Bonchev–Trinajstić information content (AvgIpc) is 3.00. The van der Waals surface area contributed by atoms with E-state index in [1.807, 2.05) is 53.8 Å². The summed E-state index contributed by atoms with van der Waals surface area (Å²) in [6.07, 6.45) is 3.22. The third-order valence-corrected chi connectivity index (χ3v) is 4.52. The maximum atomic E-state index is 12.3. The topological polar surface area (TPSA) is 67.2 Å². The lowest BCUT2D eigenvalue weighted by atomic mass is 10.2. The number of carbonyl (C=O) groups is 2. The Kier molecular flexibility index (Phi) is 8.23. The minimum Gasteiger partial charge on any atom is -0.343 e. The standard InChI is InChI=1S/C22H32N4O2/c1-5-13-25(14-6-2)22(28)12-8-11-21(27)23-19-9-7-10-20(16-19)26-18(4)15-17(3)24-26/h7,9-10,15-16H,5-6,8,11-14H2,1-4H3,(H,23,27). The monoisotopic (exact) mass is 384 g/mol. The van der Waals surface area contributed by atoms with E-state index in [-0.39, 0.29) is 11.8 Å². The number of aryl methyl sites for hydroxylation is 2. The van der Waals surface area contributed by atoms with Crippen LogP contribution >= 0.6 is 0 Å². The molecule has 6 heteroatoms. The summed E-state index contributed by atoms with van der Waals surface area (Å²) in [5.41, 5.74) is 3.65. The summed E-state index contributed by atoms with van der Waals surface area (Å²) < 4.78 is 1.86. The molecule has 2 amide bonds. The molecule has 1 heterocycles. The van der Waals surface area contributed by atoms with Crippen molar-refractivity contribution in [2.24, 2.45) is 0 Å². The van der Waals surface area contributed by atoms with Crippen LogP contribution in [-0.2, 0) is 9.59 Å². The fraction of sp³-hybridized carbons (Fsp3) is 0.500. The molecule has 28 heavy (non-hydrogen) atoms. The van der Waals surface area contributed by atoms with Gasteiger partial charge in [0.25, 0.3) is 0 Å². The Hall–Kier alpha value is -2.63. The first-order chi connectivity index (χ1) is 13.4. The molecule has 0 aliphatic rings. The number of rotatable bonds is 10. The summed E-state index contributed by atoms with van der Waals surface area (Å²) in [5.74, 6) is 0.0684. The molecule has 1 aromatic carbocycles. The van der Waals surface area contributed by atoms with Gasteiger partial charge in [0.2, 0.25) is 11.8 Å². The van der Waals surface area contributed by atoms with Crippen molar-refractivity contribution in [2.45, 2.75) is 59.8 Å². The fourth-order valence-electron chi connectivity index (χ4n) is 3.29. The molecule has 0 saturated carbocycles. The van der Waals surface area contributed by atoms with Crippen LogP contribution in [0.15, 0.2) is 30.3 Å². The highest BCUT2D eigenvalue weighted by atomic mass is 16.2. The van der Waals surface area contributed by atoms with Crippen LogP contribution in [0.5, 0.6) is 0 Å². The maximum absolute atomic E-state index is 12.3. The highest BCUT2D eigenvalue weighted by molar-refractivity contribution is 5.91. The fourth-order valence-corrected chi connectivity index (χ4v) is 3.29. The van der Waals surface area contributed by atoms with Gasteiger partial charge in [-0.2, -0.15) is 5.10 Å². The molecule has 0 aliphatic carbocycles. The molecule has 0 unspecified atom stereocenters. The molecule has 0 radical (unpaired) electrons. The number of hydrogen-bond donors (Lipinski definition) is 1. The molecule has 0 spiro atoms. The number of nitrogens with one attached hydrogen (secondary N) is 1. The van der Waals surface area contributed by atoms with E-state index in [9.17, 15) is 9.59 Å². The Labute approximate surface area is 167 Å². The van der Waals surface area contributed by atoms with E-state index in [1.165, 1.54) is 0 Å². The number of benzene rings is 1. The van der Waals surface area contributed by atoms with E-state index in [4.69, 9.17) is 0 Å². The van der Waals surface area contributed by atoms with Crippen LogP contribution < -0.4 is 5.32 Å². The van der Waals surface area contributed by atoms with E-state index >= 15 is 0 Å². The predicted molar refractivity (Wildman–Crippen MR) is 113 cm³/mol. The molecule has 0 saturated heterocycles. The van der Waals surface area contributed by atoms with E-state index in [2.05, 4.69) is 24.3 Å². The van der Waals surface area contributed by atoms with Gasteiger partial charge < -0.3 is 10.2 Å². The highest BCUT2D eigenvalue weighted by Crippen LogP contribution is 2.17. The lowest BCUT2D eigenvalue weighted by Crippen LogP contribution is -2.32. The summed E-state index contributed by atoms with van der Waals surface area (Å²) >= 11 is 0. The number of amides is 2. The quantitative estimate of drug-likeness (QED) is 0.666. The van der Waals surface area contributed by atoms with Gasteiger partial charge in [0, 0.05) is 37.3 Å². The minimum atomic E-state index is -0.0733. The normalized spacial score (nSPS) is 10.7. The zero-order valence-electron chi connectivity index (χ0n) is 17.5. The van der Waals surface area contributed by atoms with Crippen molar-refractivity contribution in [3.05, 3.63) is 41.7 Å². The molecule has 0 atom stereocenters. The van der Waals surface area contributed by atoms with Crippen molar-refractivity contribution in [1.29, 1.82) is 0 Å². The zero-order chi connectivity index (χ0) is 20.5. The van der Waals surface area contributed by atoms with Crippen molar-refractivity contribution >= 4 is 17.5 Å². The first kappa shape index (κ1) is 21.7. The second kappa shape index (κ2) is 10.6. The number of nitrogens with zero attached hydrogens (tertiary/aromatic N) is 3. The molecule has 2 rings (SSSR count). The average molecular weight is 385 g/mol. The summed E-state index contributed by atoms with van der Waals surface area (Å²) in [6, 6.07) is 9.65. The zero-order valence-corrected chi connectivity index (χ0v) is 17.5. The number of anilines is 1. The van der Waals surface area contributed by atoms with E-state index < -0.39 is 0 Å². The molecule has 1 N–H and O–H groups in total. The highest BCUT2D eigenvalue weighted by Gasteiger charge is 2.12. The second-order valence-electron chi connectivity index (χ2n) is 7.17. The van der Waals surface area contributed by atoms with Crippen LogP contribution in [0.2, 0.25) is 0 Å². The number of aromatic nitrogens is 2. The molecule has 1 aromatic heterocycles. The van der Waals surface area contributed by atoms with Crippen molar-refractivity contribution in [2.75, 3.05) is 18.4 Å². The summed E-state index contributed by atoms with van der Waals surface area (Å²) in [5, 5.41) is 7.40. The predicted octanol–water partition coefficient (Wildman–Crippen LogP) is 4.25. The summed E-state index contributed by atoms with van der Waals surface area (Å²) in [7, 11) is 0. The minimum absolute atomic E-state index is 0.0733. The Balaban J connectivity index is 1.87. The third kappa shape index (κ3) is 6.22. The molecule has 152 valence electrons. The van der Waals surface area contributed by atoms with Gasteiger partial charge in [-0.15, -0.1) is 0 Å². The van der Waals surface area contributed by atoms with Gasteiger partial charge in [0.15, 0.2) is 0 Å². The molecule has 0 fully saturated rings. The summed E-state index contributed by atoms with van der Waals surface area (Å²) in [6.45, 7) is 9.68. The lowest BCUT2D eigenvalue weighted by molar-refractivity contribution is -0.131. The molecule has 0 aliphatic heterocycles. The van der Waals surface area contributed by atoms with Gasteiger partial charge in [0.05, 0.1) is 11.4 Å². The maximum Gasteiger partial charge on any atom is 0.224 e. The van der Waals surface area contributed by atoms with Gasteiger partial charge in [-0.1, -0.05) is 19.9 Å². The molecule has 2 aromatic rings. The smallest absolute Gasteiger partial charge is 0.224 e. The van der Waals surface area contributed by atoms with Crippen LogP contribution in [0, 0.1) is 13.8 Å². The van der Waals surface area contributed by atoms with Crippen molar-refractivity contribution < 1.29 is 9.59 Å². The SMILES string of the molecule is CCCN(CCC)C(=O)CCCC(=O)Nc1cccc(-n2nc(C)cc2C)c1. The largest absolute Gasteiger partial charge is 0.343 e. The van der Waals surface area contributed by atoms with E-state index in [0.717, 1.165) is 48.7 Å². The number of hydrogen-bond acceptors (Lipinski definition) is 3. The first-order valence-electron chi connectivity index (χ1n) is 10.2. The van der Waals surface area contributed by atoms with Crippen molar-refractivity contribution in [3.8, 4) is 5.69 Å². The molecule has 6 nitrogen and oxygen atoms in total. The van der Waals surface area contributed by atoms with E-state index in [0.29, 0.717) is 19.3 Å². The Morgan fingerprint density at radius 3 is 2.39 bits per heavy atom. The Morgan fingerprint density at radius 1 is 1.07 bits per heavy atom. The first-order valence-corrected chi connectivity index (χ1v) is 10.2. The van der Waals surface area contributed by atoms with Crippen molar-refractivity contribution in [3.63, 3.8) is 0 Å². The van der Waals surface area contributed by atoms with Crippen molar-refractivity contribution in [1.82, 2.24) is 14.7 Å². The van der Waals surface area contributed by atoms with Crippen LogP contribution in [0.4, 0.5) is 5.69 Å².